The van der Waals surface area contributed by atoms with Gasteiger partial charge in [0.2, 0.25) is 5.91 Å². The zero-order valence-electron chi connectivity index (χ0n) is 12.3. The fraction of sp³-hybridized carbons (Fsp3) is 0.438. The van der Waals surface area contributed by atoms with Gasteiger partial charge in [-0.25, -0.2) is 0 Å². The van der Waals surface area contributed by atoms with Crippen LogP contribution in [0.15, 0.2) is 22.7 Å². The van der Waals surface area contributed by atoms with Crippen molar-refractivity contribution in [3.05, 3.63) is 28.2 Å². The normalized spacial score (nSPS) is 15.4. The molecule has 0 radical (unpaired) electrons. The zero-order chi connectivity index (χ0) is 15.2. The number of methoxy groups -OCH3 is 2. The highest BCUT2D eigenvalue weighted by atomic mass is 79.9. The van der Waals surface area contributed by atoms with E-state index < -0.39 is 0 Å². The predicted molar refractivity (Wildman–Crippen MR) is 86.7 cm³/mol. The molecular weight excluding hydrogens is 334 g/mol. The number of hydrogen-bond acceptors (Lipinski definition) is 3. The van der Waals surface area contributed by atoms with Gasteiger partial charge in [-0.05, 0) is 52.5 Å². The van der Waals surface area contributed by atoms with E-state index in [9.17, 15) is 4.79 Å². The second kappa shape index (κ2) is 7.50. The van der Waals surface area contributed by atoms with Crippen LogP contribution in [0, 0.1) is 0 Å². The monoisotopic (exact) mass is 353 g/mol. The summed E-state index contributed by atoms with van der Waals surface area (Å²) in [6.07, 6.45) is 7.92. The molecule has 1 saturated carbocycles. The van der Waals surface area contributed by atoms with Gasteiger partial charge >= 0.3 is 0 Å². The molecule has 1 amide bonds. The van der Waals surface area contributed by atoms with Crippen molar-refractivity contribution in [3.8, 4) is 11.5 Å². The van der Waals surface area contributed by atoms with Gasteiger partial charge in [-0.2, -0.15) is 0 Å². The molecular formula is C16H20BrNO3. The molecule has 0 aliphatic heterocycles. The molecule has 114 valence electrons. The molecule has 0 bridgehead atoms. The second-order valence-electron chi connectivity index (χ2n) is 5.06. The molecule has 0 atom stereocenters. The smallest absolute Gasteiger partial charge is 0.244 e. The maximum absolute atomic E-state index is 11.9. The van der Waals surface area contributed by atoms with E-state index in [0.29, 0.717) is 17.5 Å². The van der Waals surface area contributed by atoms with E-state index in [1.54, 1.807) is 26.4 Å². The average molecular weight is 354 g/mol. The Hall–Kier alpha value is -1.49. The van der Waals surface area contributed by atoms with Crippen molar-refractivity contribution in [3.63, 3.8) is 0 Å². The van der Waals surface area contributed by atoms with Gasteiger partial charge in [-0.1, -0.05) is 12.8 Å². The summed E-state index contributed by atoms with van der Waals surface area (Å²) >= 11 is 3.44. The van der Waals surface area contributed by atoms with Crippen molar-refractivity contribution in [1.29, 1.82) is 0 Å². The molecule has 1 aromatic carbocycles. The first kappa shape index (κ1) is 15.9. The first-order chi connectivity index (χ1) is 10.1. The number of benzene rings is 1. The second-order valence-corrected chi connectivity index (χ2v) is 5.92. The molecule has 0 spiro atoms. The first-order valence-corrected chi connectivity index (χ1v) is 7.83. The van der Waals surface area contributed by atoms with Gasteiger partial charge in [0, 0.05) is 12.1 Å². The van der Waals surface area contributed by atoms with E-state index in [1.165, 1.54) is 12.8 Å². The molecule has 0 unspecified atom stereocenters. The Morgan fingerprint density at radius 3 is 2.62 bits per heavy atom. The van der Waals surface area contributed by atoms with Crippen molar-refractivity contribution >= 4 is 27.9 Å². The molecule has 1 aliphatic carbocycles. The summed E-state index contributed by atoms with van der Waals surface area (Å²) in [6.45, 7) is 0. The minimum atomic E-state index is -0.0483. The van der Waals surface area contributed by atoms with E-state index in [2.05, 4.69) is 21.2 Å². The number of halogens is 1. The van der Waals surface area contributed by atoms with Crippen molar-refractivity contribution < 1.29 is 14.3 Å². The highest BCUT2D eigenvalue weighted by Gasteiger charge is 2.15. The maximum Gasteiger partial charge on any atom is 0.244 e. The Morgan fingerprint density at radius 1 is 1.29 bits per heavy atom. The number of hydrogen-bond donors (Lipinski definition) is 1. The van der Waals surface area contributed by atoms with Crippen molar-refractivity contribution in [2.24, 2.45) is 0 Å². The Morgan fingerprint density at radius 2 is 2.00 bits per heavy atom. The molecule has 1 fully saturated rings. The summed E-state index contributed by atoms with van der Waals surface area (Å²) in [6, 6.07) is 4.06. The first-order valence-electron chi connectivity index (χ1n) is 7.04. The minimum absolute atomic E-state index is 0.0483. The number of carbonyl (C=O) groups excluding carboxylic acids is 1. The Kier molecular flexibility index (Phi) is 5.67. The van der Waals surface area contributed by atoms with E-state index >= 15 is 0 Å². The van der Waals surface area contributed by atoms with Gasteiger partial charge in [0.25, 0.3) is 0 Å². The molecule has 0 aromatic heterocycles. The molecule has 4 nitrogen and oxygen atoms in total. The van der Waals surface area contributed by atoms with Crippen LogP contribution in [0.2, 0.25) is 0 Å². The van der Waals surface area contributed by atoms with Crippen LogP contribution in [0.5, 0.6) is 11.5 Å². The number of carbonyl (C=O) groups is 1. The quantitative estimate of drug-likeness (QED) is 0.823. The summed E-state index contributed by atoms with van der Waals surface area (Å²) in [5.41, 5.74) is 0.876. The van der Waals surface area contributed by atoms with Crippen LogP contribution < -0.4 is 14.8 Å². The molecule has 5 heteroatoms. The van der Waals surface area contributed by atoms with Gasteiger partial charge in [0.05, 0.1) is 18.7 Å². The summed E-state index contributed by atoms with van der Waals surface area (Å²) in [5.74, 6) is 1.22. The minimum Gasteiger partial charge on any atom is -0.493 e. The van der Waals surface area contributed by atoms with Gasteiger partial charge in [0.1, 0.15) is 0 Å². The molecule has 0 saturated heterocycles. The van der Waals surface area contributed by atoms with Crippen LogP contribution in [0.4, 0.5) is 0 Å². The third kappa shape index (κ3) is 4.24. The summed E-state index contributed by atoms with van der Waals surface area (Å²) < 4.78 is 11.3. The highest BCUT2D eigenvalue weighted by molar-refractivity contribution is 9.10. The van der Waals surface area contributed by atoms with E-state index in [4.69, 9.17) is 9.47 Å². The Labute approximate surface area is 133 Å². The Balaban J connectivity index is 2.06. The van der Waals surface area contributed by atoms with Crippen LogP contribution in [0.1, 0.15) is 31.2 Å². The fourth-order valence-electron chi connectivity index (χ4n) is 2.53. The maximum atomic E-state index is 11.9. The van der Waals surface area contributed by atoms with E-state index in [0.717, 1.165) is 22.9 Å². The fourth-order valence-corrected chi connectivity index (χ4v) is 3.15. The summed E-state index contributed by atoms with van der Waals surface area (Å²) in [5, 5.41) is 3.02. The molecule has 21 heavy (non-hydrogen) atoms. The average Bonchev–Trinajstić information content (AvgIpc) is 2.97. The molecule has 1 N–H and O–H groups in total. The number of ether oxygens (including phenoxy) is 2. The summed E-state index contributed by atoms with van der Waals surface area (Å²) in [7, 11) is 3.18. The molecule has 1 aromatic rings. The van der Waals surface area contributed by atoms with Crippen LogP contribution in [0.3, 0.4) is 0 Å². The lowest BCUT2D eigenvalue weighted by molar-refractivity contribution is -0.117. The molecule has 1 aliphatic rings. The SMILES string of the molecule is COc1cc(/C=C/C(=O)NC2CCCC2)cc(Br)c1OC. The van der Waals surface area contributed by atoms with E-state index in [-0.39, 0.29) is 5.91 Å². The van der Waals surface area contributed by atoms with Crippen molar-refractivity contribution in [2.45, 2.75) is 31.7 Å². The highest BCUT2D eigenvalue weighted by Crippen LogP contribution is 2.36. The van der Waals surface area contributed by atoms with Crippen LogP contribution in [-0.4, -0.2) is 26.2 Å². The van der Waals surface area contributed by atoms with E-state index in [1.807, 2.05) is 12.1 Å². The zero-order valence-corrected chi connectivity index (χ0v) is 13.9. The van der Waals surface area contributed by atoms with Gasteiger partial charge in [0.15, 0.2) is 11.5 Å². The largest absolute Gasteiger partial charge is 0.493 e. The van der Waals surface area contributed by atoms with Gasteiger partial charge in [-0.3, -0.25) is 4.79 Å². The van der Waals surface area contributed by atoms with Gasteiger partial charge in [-0.15, -0.1) is 0 Å². The van der Waals surface area contributed by atoms with Crippen molar-refractivity contribution in [1.82, 2.24) is 5.32 Å². The topological polar surface area (TPSA) is 47.6 Å². The lowest BCUT2D eigenvalue weighted by Crippen LogP contribution is -2.30. The lowest BCUT2D eigenvalue weighted by atomic mass is 10.2. The Bertz CT molecular complexity index is 537. The lowest BCUT2D eigenvalue weighted by Gasteiger charge is -2.11. The van der Waals surface area contributed by atoms with Crippen molar-refractivity contribution in [2.75, 3.05) is 14.2 Å². The number of rotatable bonds is 5. The molecule has 0 heterocycles. The number of nitrogens with one attached hydrogen (secondary N) is 1. The standard InChI is InChI=1S/C16H20BrNO3/c1-20-14-10-11(9-13(17)16(14)21-2)7-8-15(19)18-12-5-3-4-6-12/h7-10,12H,3-6H2,1-2H3,(H,18,19)/b8-7+. The molecule has 2 rings (SSSR count). The number of amides is 1. The predicted octanol–water partition coefficient (Wildman–Crippen LogP) is 3.54. The van der Waals surface area contributed by atoms with Crippen LogP contribution in [-0.2, 0) is 4.79 Å². The summed E-state index contributed by atoms with van der Waals surface area (Å²) in [4.78, 5) is 11.9. The van der Waals surface area contributed by atoms with Crippen LogP contribution in [0.25, 0.3) is 6.08 Å². The third-order valence-electron chi connectivity index (χ3n) is 3.58. The third-order valence-corrected chi connectivity index (χ3v) is 4.17. The van der Waals surface area contributed by atoms with Crippen LogP contribution >= 0.6 is 15.9 Å². The van der Waals surface area contributed by atoms with Gasteiger partial charge < -0.3 is 14.8 Å².